The Hall–Kier alpha value is -1.09. The van der Waals surface area contributed by atoms with E-state index in [0.717, 1.165) is 18.5 Å². The van der Waals surface area contributed by atoms with Crippen molar-refractivity contribution in [2.24, 2.45) is 0 Å². The molecule has 0 bridgehead atoms. The summed E-state index contributed by atoms with van der Waals surface area (Å²) in [6, 6.07) is 3.53. The molecule has 90 valence electrons. The first kappa shape index (κ1) is 13.0. The van der Waals surface area contributed by atoms with Gasteiger partial charge in [0.15, 0.2) is 0 Å². The number of ether oxygens (including phenoxy) is 1. The van der Waals surface area contributed by atoms with Crippen molar-refractivity contribution in [1.82, 2.24) is 5.32 Å². The fourth-order valence-electron chi connectivity index (χ4n) is 1.79. The molecule has 0 fully saturated rings. The lowest BCUT2D eigenvalue weighted by Crippen LogP contribution is -2.11. The van der Waals surface area contributed by atoms with Gasteiger partial charge in [-0.2, -0.15) is 0 Å². The summed E-state index contributed by atoms with van der Waals surface area (Å²) in [4.78, 5) is 0. The fraction of sp³-hybridized carbons (Fsp3) is 0.538. The average molecular weight is 225 g/mol. The van der Waals surface area contributed by atoms with Crippen molar-refractivity contribution >= 4 is 0 Å². The third-order valence-corrected chi connectivity index (χ3v) is 2.61. The Morgan fingerprint density at radius 1 is 1.38 bits per heavy atom. The van der Waals surface area contributed by atoms with Crippen LogP contribution < -0.4 is 10.1 Å². The Labute approximate surface area is 96.8 Å². The summed E-state index contributed by atoms with van der Waals surface area (Å²) in [6.45, 7) is 4.77. The van der Waals surface area contributed by atoms with Gasteiger partial charge in [0.1, 0.15) is 11.6 Å². The molecule has 0 atom stereocenters. The second kappa shape index (κ2) is 5.85. The summed E-state index contributed by atoms with van der Waals surface area (Å²) < 4.78 is 19.1. The van der Waals surface area contributed by atoms with E-state index in [2.05, 4.69) is 5.32 Å². The molecule has 1 rings (SSSR count). The number of benzene rings is 1. The van der Waals surface area contributed by atoms with Gasteiger partial charge in [0, 0.05) is 5.56 Å². The first-order chi connectivity index (χ1) is 7.60. The maximum absolute atomic E-state index is 13.9. The standard InChI is InChI=1S/C13H20FNO/c1-9(2)13-11(14)7-10(5-6-15-3)8-12(13)16-4/h7-9,15H,5-6H2,1-4H3. The molecule has 0 heterocycles. The van der Waals surface area contributed by atoms with E-state index in [-0.39, 0.29) is 11.7 Å². The predicted octanol–water partition coefficient (Wildman–Crippen LogP) is 2.72. The molecule has 0 aliphatic rings. The molecule has 0 saturated heterocycles. The van der Waals surface area contributed by atoms with Crippen LogP contribution in [0.1, 0.15) is 30.9 Å². The van der Waals surface area contributed by atoms with Gasteiger partial charge in [0.2, 0.25) is 0 Å². The normalized spacial score (nSPS) is 10.9. The molecule has 0 aliphatic carbocycles. The third kappa shape index (κ3) is 2.95. The Balaban J connectivity index is 3.06. The monoisotopic (exact) mass is 225 g/mol. The first-order valence-corrected chi connectivity index (χ1v) is 5.61. The Morgan fingerprint density at radius 3 is 2.56 bits per heavy atom. The number of hydrogen-bond donors (Lipinski definition) is 1. The van der Waals surface area contributed by atoms with Crippen LogP contribution in [0.4, 0.5) is 4.39 Å². The number of hydrogen-bond acceptors (Lipinski definition) is 2. The molecular weight excluding hydrogens is 205 g/mol. The number of nitrogens with one attached hydrogen (secondary N) is 1. The third-order valence-electron chi connectivity index (χ3n) is 2.61. The number of likely N-dealkylation sites (N-methyl/N-ethyl adjacent to an activating group) is 1. The van der Waals surface area contributed by atoms with E-state index >= 15 is 0 Å². The highest BCUT2D eigenvalue weighted by Crippen LogP contribution is 2.30. The Kier molecular flexibility index (Phi) is 4.74. The van der Waals surface area contributed by atoms with Crippen molar-refractivity contribution in [3.63, 3.8) is 0 Å². The highest BCUT2D eigenvalue weighted by molar-refractivity contribution is 5.40. The van der Waals surface area contributed by atoms with Crippen LogP contribution in [-0.4, -0.2) is 20.7 Å². The molecule has 0 spiro atoms. The minimum atomic E-state index is -0.166. The van der Waals surface area contributed by atoms with Crippen LogP contribution in [0.15, 0.2) is 12.1 Å². The lowest BCUT2D eigenvalue weighted by molar-refractivity contribution is 0.401. The van der Waals surface area contributed by atoms with Crippen LogP contribution >= 0.6 is 0 Å². The molecule has 2 nitrogen and oxygen atoms in total. The van der Waals surface area contributed by atoms with E-state index in [1.54, 1.807) is 13.2 Å². The van der Waals surface area contributed by atoms with Crippen molar-refractivity contribution in [3.05, 3.63) is 29.1 Å². The van der Waals surface area contributed by atoms with Gasteiger partial charge < -0.3 is 10.1 Å². The molecule has 0 saturated carbocycles. The topological polar surface area (TPSA) is 21.3 Å². The summed E-state index contributed by atoms with van der Waals surface area (Å²) in [7, 11) is 3.47. The van der Waals surface area contributed by atoms with E-state index in [1.165, 1.54) is 0 Å². The van der Waals surface area contributed by atoms with Crippen molar-refractivity contribution in [1.29, 1.82) is 0 Å². The van der Waals surface area contributed by atoms with Crippen molar-refractivity contribution in [2.45, 2.75) is 26.2 Å². The molecule has 3 heteroatoms. The van der Waals surface area contributed by atoms with Gasteiger partial charge in [-0.1, -0.05) is 13.8 Å². The van der Waals surface area contributed by atoms with Gasteiger partial charge in [0.05, 0.1) is 7.11 Å². The minimum absolute atomic E-state index is 0.133. The molecule has 0 aliphatic heterocycles. The fourth-order valence-corrected chi connectivity index (χ4v) is 1.79. The molecule has 0 unspecified atom stereocenters. The second-order valence-corrected chi connectivity index (χ2v) is 4.20. The lowest BCUT2D eigenvalue weighted by Gasteiger charge is -2.14. The SMILES string of the molecule is CNCCc1cc(F)c(C(C)C)c(OC)c1. The summed E-state index contributed by atoms with van der Waals surface area (Å²) >= 11 is 0. The Morgan fingerprint density at radius 2 is 2.06 bits per heavy atom. The number of halogens is 1. The molecule has 1 N–H and O–H groups in total. The quantitative estimate of drug-likeness (QED) is 0.832. The van der Waals surface area contributed by atoms with Crippen LogP contribution in [0.5, 0.6) is 5.75 Å². The van der Waals surface area contributed by atoms with Gasteiger partial charge in [-0.15, -0.1) is 0 Å². The maximum atomic E-state index is 13.9. The zero-order chi connectivity index (χ0) is 12.1. The molecule has 1 aromatic carbocycles. The number of rotatable bonds is 5. The minimum Gasteiger partial charge on any atom is -0.496 e. The van der Waals surface area contributed by atoms with Gasteiger partial charge in [-0.25, -0.2) is 4.39 Å². The van der Waals surface area contributed by atoms with Gasteiger partial charge in [-0.3, -0.25) is 0 Å². The predicted molar refractivity (Wildman–Crippen MR) is 64.7 cm³/mol. The van der Waals surface area contributed by atoms with E-state index in [4.69, 9.17) is 4.74 Å². The van der Waals surface area contributed by atoms with Crippen molar-refractivity contribution in [2.75, 3.05) is 20.7 Å². The van der Waals surface area contributed by atoms with Crippen LogP contribution in [0.3, 0.4) is 0 Å². The van der Waals surface area contributed by atoms with Crippen molar-refractivity contribution < 1.29 is 9.13 Å². The zero-order valence-corrected chi connectivity index (χ0v) is 10.4. The van der Waals surface area contributed by atoms with E-state index < -0.39 is 0 Å². The molecule has 0 aromatic heterocycles. The van der Waals surface area contributed by atoms with Crippen molar-refractivity contribution in [3.8, 4) is 5.75 Å². The maximum Gasteiger partial charge on any atom is 0.130 e. The summed E-state index contributed by atoms with van der Waals surface area (Å²) in [5.41, 5.74) is 1.63. The smallest absolute Gasteiger partial charge is 0.130 e. The lowest BCUT2D eigenvalue weighted by atomic mass is 9.98. The van der Waals surface area contributed by atoms with Gasteiger partial charge >= 0.3 is 0 Å². The summed E-state index contributed by atoms with van der Waals surface area (Å²) in [5.74, 6) is 0.620. The van der Waals surface area contributed by atoms with Gasteiger partial charge in [0.25, 0.3) is 0 Å². The molecule has 0 amide bonds. The second-order valence-electron chi connectivity index (χ2n) is 4.20. The van der Waals surface area contributed by atoms with E-state index in [0.29, 0.717) is 11.3 Å². The number of methoxy groups -OCH3 is 1. The molecule has 16 heavy (non-hydrogen) atoms. The van der Waals surface area contributed by atoms with E-state index in [9.17, 15) is 4.39 Å². The van der Waals surface area contributed by atoms with Crippen LogP contribution in [0, 0.1) is 5.82 Å². The Bertz CT molecular complexity index is 350. The highest BCUT2D eigenvalue weighted by atomic mass is 19.1. The van der Waals surface area contributed by atoms with Gasteiger partial charge in [-0.05, 0) is 43.6 Å². The van der Waals surface area contributed by atoms with Crippen LogP contribution in [0.25, 0.3) is 0 Å². The zero-order valence-electron chi connectivity index (χ0n) is 10.4. The summed E-state index contributed by atoms with van der Waals surface area (Å²) in [5, 5.41) is 3.05. The van der Waals surface area contributed by atoms with Crippen LogP contribution in [-0.2, 0) is 6.42 Å². The first-order valence-electron chi connectivity index (χ1n) is 5.61. The van der Waals surface area contributed by atoms with Crippen LogP contribution in [0.2, 0.25) is 0 Å². The molecular formula is C13H20FNO. The average Bonchev–Trinajstić information content (AvgIpc) is 2.24. The highest BCUT2D eigenvalue weighted by Gasteiger charge is 2.14. The molecule has 0 radical (unpaired) electrons. The summed E-state index contributed by atoms with van der Waals surface area (Å²) in [6.07, 6.45) is 0.808. The molecule has 1 aromatic rings. The van der Waals surface area contributed by atoms with E-state index in [1.807, 2.05) is 27.0 Å². The largest absolute Gasteiger partial charge is 0.496 e.